The zero-order valence-corrected chi connectivity index (χ0v) is 9.18. The molecule has 0 aromatic heterocycles. The quantitative estimate of drug-likeness (QED) is 0.706. The van der Waals surface area contributed by atoms with Gasteiger partial charge in [-0.15, -0.1) is 0 Å². The molecule has 0 bridgehead atoms. The zero-order valence-electron chi connectivity index (χ0n) is 9.18. The molecule has 2 aliphatic carbocycles. The number of hydrogen-bond donors (Lipinski definition) is 1. The molecule has 4 heteroatoms. The summed E-state index contributed by atoms with van der Waals surface area (Å²) in [4.78, 5) is 9.25. The van der Waals surface area contributed by atoms with Crippen LogP contribution in [0.15, 0.2) is 60.0 Å². The van der Waals surface area contributed by atoms with Crippen molar-refractivity contribution in [2.24, 2.45) is 0 Å². The Morgan fingerprint density at radius 1 is 1.18 bits per heavy atom. The molecule has 2 heterocycles. The van der Waals surface area contributed by atoms with E-state index < -0.39 is 5.97 Å². The number of rotatable bonds is 1. The monoisotopic (exact) mass is 232 g/mol. The zero-order chi connectivity index (χ0) is 12.3. The first-order valence-electron chi connectivity index (χ1n) is 5.21. The van der Waals surface area contributed by atoms with Crippen molar-refractivity contribution < 1.29 is 19.4 Å². The first-order chi connectivity index (χ1) is 8.20. The fourth-order valence-corrected chi connectivity index (χ4v) is 1.30. The van der Waals surface area contributed by atoms with Gasteiger partial charge in [-0.05, 0) is 12.2 Å². The van der Waals surface area contributed by atoms with E-state index in [1.165, 1.54) is 11.5 Å². The van der Waals surface area contributed by atoms with Crippen LogP contribution >= 0.6 is 0 Å². The summed E-state index contributed by atoms with van der Waals surface area (Å²) in [6.45, 7) is 2.96. The van der Waals surface area contributed by atoms with Gasteiger partial charge in [0.2, 0.25) is 0 Å². The largest absolute Gasteiger partial charge is 0.478 e. The van der Waals surface area contributed by atoms with E-state index >= 15 is 0 Å². The highest BCUT2D eigenvalue weighted by Gasteiger charge is 2.24. The van der Waals surface area contributed by atoms with Gasteiger partial charge in [0, 0.05) is 18.9 Å². The van der Waals surface area contributed by atoms with Crippen molar-refractivity contribution in [1.29, 1.82) is 0 Å². The Kier molecular flexibility index (Phi) is 3.14. The van der Waals surface area contributed by atoms with E-state index in [1.807, 2.05) is 12.2 Å². The standard InChI is InChI=1S/2C5H4O.C3H4O2/c2*1-2-4-5(3-1)6-4;1-2-3(4)5/h2*1-2H,3H2;2H,1H2,(H,4,5). The van der Waals surface area contributed by atoms with Crippen LogP contribution < -0.4 is 0 Å². The van der Waals surface area contributed by atoms with Crippen LogP contribution in [-0.4, -0.2) is 11.1 Å². The number of ether oxygens (including phenoxy) is 2. The Morgan fingerprint density at radius 3 is 1.65 bits per heavy atom. The fraction of sp³-hybridized carbons (Fsp3) is 0.154. The fourth-order valence-electron chi connectivity index (χ4n) is 1.30. The van der Waals surface area contributed by atoms with Crippen molar-refractivity contribution in [1.82, 2.24) is 0 Å². The molecule has 0 unspecified atom stereocenters. The van der Waals surface area contributed by atoms with E-state index in [1.54, 1.807) is 0 Å². The normalized spacial score (nSPS) is 18.8. The summed E-state index contributed by atoms with van der Waals surface area (Å²) < 4.78 is 9.80. The summed E-state index contributed by atoms with van der Waals surface area (Å²) in [6.07, 6.45) is 11.1. The SMILES string of the molecule is C1=CC2=C(C1)O2.C1=CC2=C(C1)O2.C=CC(=O)O. The Hall–Kier alpha value is -2.23. The third kappa shape index (κ3) is 3.38. The molecule has 0 atom stereocenters. The van der Waals surface area contributed by atoms with Crippen molar-refractivity contribution in [2.75, 3.05) is 0 Å². The lowest BCUT2D eigenvalue weighted by atomic mass is 10.5. The molecule has 0 saturated carbocycles. The number of hydrogen-bond acceptors (Lipinski definition) is 3. The van der Waals surface area contributed by atoms with Crippen molar-refractivity contribution >= 4 is 5.97 Å². The highest BCUT2D eigenvalue weighted by Crippen LogP contribution is 2.35. The van der Waals surface area contributed by atoms with Crippen LogP contribution in [0.3, 0.4) is 0 Å². The maximum Gasteiger partial charge on any atom is 0.327 e. The van der Waals surface area contributed by atoms with Crippen LogP contribution in [0.2, 0.25) is 0 Å². The molecule has 88 valence electrons. The molecule has 4 nitrogen and oxygen atoms in total. The van der Waals surface area contributed by atoms with Gasteiger partial charge in [0.25, 0.3) is 0 Å². The van der Waals surface area contributed by atoms with Crippen LogP contribution in [0.1, 0.15) is 12.8 Å². The number of carbonyl (C=O) groups is 1. The second kappa shape index (κ2) is 4.74. The van der Waals surface area contributed by atoms with Crippen LogP contribution in [0.25, 0.3) is 0 Å². The molecule has 0 fully saturated rings. The first-order valence-corrected chi connectivity index (χ1v) is 5.21. The van der Waals surface area contributed by atoms with Gasteiger partial charge in [0.15, 0.2) is 23.0 Å². The van der Waals surface area contributed by atoms with Gasteiger partial charge in [0.05, 0.1) is 0 Å². The second-order valence-corrected chi connectivity index (χ2v) is 3.53. The summed E-state index contributed by atoms with van der Waals surface area (Å²) in [5.41, 5.74) is 0. The van der Waals surface area contributed by atoms with Crippen LogP contribution in [0.5, 0.6) is 0 Å². The Balaban J connectivity index is 0.0000000964. The van der Waals surface area contributed by atoms with Crippen molar-refractivity contribution in [3.63, 3.8) is 0 Å². The number of aliphatic carboxylic acids is 1. The van der Waals surface area contributed by atoms with Crippen molar-refractivity contribution in [3.05, 3.63) is 60.0 Å². The summed E-state index contributed by atoms with van der Waals surface area (Å²) in [5.74, 6) is 3.58. The molecular weight excluding hydrogens is 220 g/mol. The van der Waals surface area contributed by atoms with Crippen molar-refractivity contribution in [3.8, 4) is 0 Å². The van der Waals surface area contributed by atoms with Gasteiger partial charge >= 0.3 is 5.97 Å². The average Bonchev–Trinajstić information content (AvgIpc) is 3.18. The third-order valence-electron chi connectivity index (χ3n) is 2.25. The van der Waals surface area contributed by atoms with Gasteiger partial charge in [0.1, 0.15) is 0 Å². The van der Waals surface area contributed by atoms with Gasteiger partial charge < -0.3 is 14.6 Å². The molecule has 0 amide bonds. The summed E-state index contributed by atoms with van der Waals surface area (Å²) in [6, 6.07) is 0. The Morgan fingerprint density at radius 2 is 1.59 bits per heavy atom. The molecule has 0 spiro atoms. The van der Waals surface area contributed by atoms with Crippen LogP contribution in [0, 0.1) is 0 Å². The molecule has 4 aliphatic rings. The molecule has 1 N–H and O–H groups in total. The van der Waals surface area contributed by atoms with E-state index in [2.05, 4.69) is 18.7 Å². The predicted octanol–water partition coefficient (Wildman–Crippen LogP) is 2.63. The van der Waals surface area contributed by atoms with Crippen LogP contribution in [-0.2, 0) is 14.3 Å². The second-order valence-electron chi connectivity index (χ2n) is 3.53. The van der Waals surface area contributed by atoms with Crippen LogP contribution in [0.4, 0.5) is 0 Å². The van der Waals surface area contributed by atoms with E-state index in [0.717, 1.165) is 30.4 Å². The maximum absolute atomic E-state index is 9.25. The number of carboxylic acids is 1. The molecule has 0 radical (unpaired) electrons. The maximum atomic E-state index is 9.25. The van der Waals surface area contributed by atoms with E-state index in [9.17, 15) is 4.79 Å². The third-order valence-corrected chi connectivity index (χ3v) is 2.25. The molecular formula is C13H12O4. The highest BCUT2D eigenvalue weighted by molar-refractivity contribution is 5.78. The lowest BCUT2D eigenvalue weighted by Crippen LogP contribution is -1.82. The first kappa shape index (κ1) is 11.3. The van der Waals surface area contributed by atoms with Gasteiger partial charge in [-0.25, -0.2) is 4.79 Å². The summed E-state index contributed by atoms with van der Waals surface area (Å²) >= 11 is 0. The smallest absolute Gasteiger partial charge is 0.327 e. The van der Waals surface area contributed by atoms with E-state index in [-0.39, 0.29) is 0 Å². The minimum absolute atomic E-state index is 0.833. The summed E-state index contributed by atoms with van der Waals surface area (Å²) in [7, 11) is 0. The molecule has 17 heavy (non-hydrogen) atoms. The van der Waals surface area contributed by atoms with Gasteiger partial charge in [-0.3, -0.25) is 0 Å². The van der Waals surface area contributed by atoms with E-state index in [4.69, 9.17) is 14.6 Å². The number of carboxylic acid groups (broad SMARTS) is 1. The minimum atomic E-state index is -0.981. The Labute approximate surface area is 98.8 Å². The molecule has 4 rings (SSSR count). The molecule has 0 aromatic rings. The van der Waals surface area contributed by atoms with Gasteiger partial charge in [-0.1, -0.05) is 18.7 Å². The van der Waals surface area contributed by atoms with Gasteiger partial charge in [-0.2, -0.15) is 0 Å². The lowest BCUT2D eigenvalue weighted by Gasteiger charge is -1.77. The Bertz CT molecular complexity index is 442. The molecule has 2 aliphatic heterocycles. The predicted molar refractivity (Wildman–Crippen MR) is 61.6 cm³/mol. The average molecular weight is 232 g/mol. The number of allylic oxidation sites excluding steroid dienone is 4. The topological polar surface area (TPSA) is 62.4 Å². The van der Waals surface area contributed by atoms with E-state index in [0.29, 0.717) is 0 Å². The lowest BCUT2D eigenvalue weighted by molar-refractivity contribution is -0.131. The van der Waals surface area contributed by atoms with Crippen molar-refractivity contribution in [2.45, 2.75) is 12.8 Å². The summed E-state index contributed by atoms with van der Waals surface area (Å²) in [5, 5.41) is 7.60. The molecule has 0 aromatic carbocycles. The highest BCUT2D eigenvalue weighted by atomic mass is 16.6. The minimum Gasteiger partial charge on any atom is -0.478 e. The molecule has 0 saturated heterocycles.